The van der Waals surface area contributed by atoms with Crippen molar-refractivity contribution in [3.05, 3.63) is 23.8 Å². The Morgan fingerprint density at radius 3 is 3.00 bits per heavy atom. The standard InChI is InChI=1S/C14H22N4O2/c1-3-11-8-17(2)5-4-6-18(11)9-13-12(14(19)20)7-15-10-16-13/h7,10-11H,3-6,8-9H2,1-2H3,(H,19,20). The van der Waals surface area contributed by atoms with E-state index in [4.69, 9.17) is 0 Å². The number of hydrogen-bond donors (Lipinski definition) is 1. The maximum Gasteiger partial charge on any atom is 0.339 e. The maximum absolute atomic E-state index is 11.2. The van der Waals surface area contributed by atoms with Gasteiger partial charge in [-0.25, -0.2) is 14.8 Å². The largest absolute Gasteiger partial charge is 0.478 e. The van der Waals surface area contributed by atoms with E-state index in [0.717, 1.165) is 32.5 Å². The molecule has 1 saturated heterocycles. The molecule has 1 aliphatic rings. The topological polar surface area (TPSA) is 69.6 Å². The molecule has 1 N–H and O–H groups in total. The van der Waals surface area contributed by atoms with Crippen molar-refractivity contribution < 1.29 is 9.90 Å². The van der Waals surface area contributed by atoms with Gasteiger partial charge in [0.05, 0.1) is 5.69 Å². The Kier molecular flexibility index (Phi) is 5.03. The third kappa shape index (κ3) is 3.52. The first kappa shape index (κ1) is 14.9. The molecule has 1 unspecified atom stereocenters. The monoisotopic (exact) mass is 278 g/mol. The minimum atomic E-state index is -0.958. The van der Waals surface area contributed by atoms with Crippen LogP contribution in [-0.2, 0) is 6.54 Å². The zero-order valence-electron chi connectivity index (χ0n) is 12.1. The average Bonchev–Trinajstić information content (AvgIpc) is 2.61. The summed E-state index contributed by atoms with van der Waals surface area (Å²) in [5.74, 6) is -0.958. The van der Waals surface area contributed by atoms with Gasteiger partial charge in [0.15, 0.2) is 0 Å². The van der Waals surface area contributed by atoms with Gasteiger partial charge < -0.3 is 10.0 Å². The number of carboxylic acid groups (broad SMARTS) is 1. The van der Waals surface area contributed by atoms with Crippen LogP contribution in [0, 0.1) is 0 Å². The molecule has 0 aromatic carbocycles. The van der Waals surface area contributed by atoms with Gasteiger partial charge >= 0.3 is 5.97 Å². The van der Waals surface area contributed by atoms with Gasteiger partial charge in [0.25, 0.3) is 0 Å². The fourth-order valence-corrected chi connectivity index (χ4v) is 2.74. The summed E-state index contributed by atoms with van der Waals surface area (Å²) in [7, 11) is 2.14. The number of rotatable bonds is 4. The van der Waals surface area contributed by atoms with Crippen molar-refractivity contribution in [2.24, 2.45) is 0 Å². The Bertz CT molecular complexity index is 466. The molecule has 0 spiro atoms. The number of hydrogen-bond acceptors (Lipinski definition) is 5. The molecule has 0 radical (unpaired) electrons. The van der Waals surface area contributed by atoms with Gasteiger partial charge in [-0.05, 0) is 26.4 Å². The van der Waals surface area contributed by atoms with Crippen LogP contribution in [-0.4, -0.2) is 63.6 Å². The Morgan fingerprint density at radius 2 is 2.30 bits per heavy atom. The van der Waals surface area contributed by atoms with E-state index >= 15 is 0 Å². The van der Waals surface area contributed by atoms with Crippen molar-refractivity contribution in [2.75, 3.05) is 26.7 Å². The Hall–Kier alpha value is -1.53. The van der Waals surface area contributed by atoms with Gasteiger partial charge in [-0.3, -0.25) is 4.90 Å². The minimum absolute atomic E-state index is 0.208. The van der Waals surface area contributed by atoms with Crippen molar-refractivity contribution in [2.45, 2.75) is 32.4 Å². The molecule has 0 saturated carbocycles. The lowest BCUT2D eigenvalue weighted by molar-refractivity contribution is 0.0692. The van der Waals surface area contributed by atoms with E-state index < -0.39 is 5.97 Å². The van der Waals surface area contributed by atoms with Crippen molar-refractivity contribution >= 4 is 5.97 Å². The summed E-state index contributed by atoms with van der Waals surface area (Å²) in [6.45, 7) is 5.84. The van der Waals surface area contributed by atoms with Crippen LogP contribution < -0.4 is 0 Å². The number of nitrogens with zero attached hydrogens (tertiary/aromatic N) is 4. The number of carbonyl (C=O) groups is 1. The van der Waals surface area contributed by atoms with E-state index in [1.54, 1.807) is 0 Å². The maximum atomic E-state index is 11.2. The van der Waals surface area contributed by atoms with Gasteiger partial charge in [-0.2, -0.15) is 0 Å². The van der Waals surface area contributed by atoms with E-state index in [9.17, 15) is 9.90 Å². The summed E-state index contributed by atoms with van der Waals surface area (Å²) in [5, 5.41) is 9.21. The smallest absolute Gasteiger partial charge is 0.339 e. The first-order valence-electron chi connectivity index (χ1n) is 7.06. The molecule has 2 rings (SSSR count). The molecule has 0 aliphatic carbocycles. The minimum Gasteiger partial charge on any atom is -0.478 e. The van der Waals surface area contributed by atoms with E-state index in [-0.39, 0.29) is 5.56 Å². The molecule has 6 nitrogen and oxygen atoms in total. The van der Waals surface area contributed by atoms with E-state index in [2.05, 4.69) is 33.7 Å². The molecule has 20 heavy (non-hydrogen) atoms. The Balaban J connectivity index is 2.17. The number of aromatic nitrogens is 2. The van der Waals surface area contributed by atoms with Crippen molar-refractivity contribution in [1.82, 2.24) is 19.8 Å². The van der Waals surface area contributed by atoms with Crippen molar-refractivity contribution in [1.29, 1.82) is 0 Å². The van der Waals surface area contributed by atoms with Crippen molar-refractivity contribution in [3.8, 4) is 0 Å². The van der Waals surface area contributed by atoms with Crippen molar-refractivity contribution in [3.63, 3.8) is 0 Å². The lowest BCUT2D eigenvalue weighted by Crippen LogP contribution is -2.39. The predicted molar refractivity (Wildman–Crippen MR) is 75.6 cm³/mol. The zero-order chi connectivity index (χ0) is 14.5. The third-order valence-corrected chi connectivity index (χ3v) is 3.87. The Labute approximate surface area is 119 Å². The van der Waals surface area contributed by atoms with Crippen LogP contribution in [0.25, 0.3) is 0 Å². The van der Waals surface area contributed by atoms with Crippen LogP contribution in [0.2, 0.25) is 0 Å². The molecule has 2 heterocycles. The lowest BCUT2D eigenvalue weighted by atomic mass is 10.1. The molecule has 1 aromatic heterocycles. The second kappa shape index (κ2) is 6.76. The highest BCUT2D eigenvalue weighted by atomic mass is 16.4. The quantitative estimate of drug-likeness (QED) is 0.889. The van der Waals surface area contributed by atoms with Gasteiger partial charge in [0.1, 0.15) is 11.9 Å². The summed E-state index contributed by atoms with van der Waals surface area (Å²) in [6, 6.07) is 0.444. The third-order valence-electron chi connectivity index (χ3n) is 3.87. The molecular formula is C14H22N4O2. The van der Waals surface area contributed by atoms with Gasteiger partial charge in [-0.1, -0.05) is 6.92 Å². The number of likely N-dealkylation sites (N-methyl/N-ethyl adjacent to an activating group) is 1. The van der Waals surface area contributed by atoms with Gasteiger partial charge in [0.2, 0.25) is 0 Å². The van der Waals surface area contributed by atoms with E-state index in [0.29, 0.717) is 18.3 Å². The van der Waals surface area contributed by atoms with Crippen LogP contribution in [0.1, 0.15) is 35.8 Å². The van der Waals surface area contributed by atoms with Crippen LogP contribution in [0.5, 0.6) is 0 Å². The number of carboxylic acids is 1. The normalized spacial score (nSPS) is 21.6. The zero-order valence-corrected chi connectivity index (χ0v) is 12.1. The highest BCUT2D eigenvalue weighted by Gasteiger charge is 2.24. The fraction of sp³-hybridized carbons (Fsp3) is 0.643. The van der Waals surface area contributed by atoms with Crippen LogP contribution in [0.15, 0.2) is 12.5 Å². The van der Waals surface area contributed by atoms with Crippen LogP contribution in [0.4, 0.5) is 0 Å². The fourth-order valence-electron chi connectivity index (χ4n) is 2.74. The van der Waals surface area contributed by atoms with E-state index in [1.807, 2.05) is 0 Å². The van der Waals surface area contributed by atoms with Crippen LogP contribution in [0.3, 0.4) is 0 Å². The summed E-state index contributed by atoms with van der Waals surface area (Å²) >= 11 is 0. The first-order chi connectivity index (χ1) is 9.61. The molecular weight excluding hydrogens is 256 g/mol. The molecule has 0 amide bonds. The molecule has 1 atom stereocenters. The summed E-state index contributed by atoms with van der Waals surface area (Å²) in [4.78, 5) is 23.9. The molecule has 1 aromatic rings. The Morgan fingerprint density at radius 1 is 1.50 bits per heavy atom. The van der Waals surface area contributed by atoms with E-state index in [1.165, 1.54) is 12.5 Å². The van der Waals surface area contributed by atoms with Gasteiger partial charge in [-0.15, -0.1) is 0 Å². The van der Waals surface area contributed by atoms with Crippen LogP contribution >= 0.6 is 0 Å². The molecule has 0 bridgehead atoms. The second-order valence-electron chi connectivity index (χ2n) is 5.34. The summed E-state index contributed by atoms with van der Waals surface area (Å²) in [6.07, 6.45) is 4.96. The molecule has 6 heteroatoms. The summed E-state index contributed by atoms with van der Waals surface area (Å²) in [5.41, 5.74) is 0.815. The SMILES string of the molecule is CCC1CN(C)CCCN1Cc1ncncc1C(=O)O. The predicted octanol–water partition coefficient (Wildman–Crippen LogP) is 1.09. The highest BCUT2D eigenvalue weighted by Crippen LogP contribution is 2.16. The molecule has 110 valence electrons. The number of aromatic carboxylic acids is 1. The first-order valence-corrected chi connectivity index (χ1v) is 7.06. The highest BCUT2D eigenvalue weighted by molar-refractivity contribution is 5.88. The lowest BCUT2D eigenvalue weighted by Gasteiger charge is -2.30. The average molecular weight is 278 g/mol. The van der Waals surface area contributed by atoms with Gasteiger partial charge in [0, 0.05) is 31.9 Å². The summed E-state index contributed by atoms with van der Waals surface area (Å²) < 4.78 is 0. The molecule has 1 fully saturated rings. The second-order valence-corrected chi connectivity index (χ2v) is 5.34. The molecule has 1 aliphatic heterocycles.